The SMILES string of the molecule is Cc1nc2c(N3CCOCC3)ccnn2c1-c1ccc(C2=CCOCC2)nc1. The molecule has 3 aromatic heterocycles. The largest absolute Gasteiger partial charge is 0.378 e. The maximum Gasteiger partial charge on any atom is 0.178 e. The molecular formula is C21H23N5O2. The fraction of sp³-hybridized carbons (Fsp3) is 0.381. The number of imidazole rings is 1. The molecule has 7 heteroatoms. The van der Waals surface area contributed by atoms with Crippen LogP contribution < -0.4 is 4.90 Å². The van der Waals surface area contributed by atoms with Crippen LogP contribution in [0.2, 0.25) is 0 Å². The average molecular weight is 377 g/mol. The Balaban J connectivity index is 1.54. The van der Waals surface area contributed by atoms with Crippen LogP contribution in [0.15, 0.2) is 36.7 Å². The first-order valence-electron chi connectivity index (χ1n) is 9.72. The van der Waals surface area contributed by atoms with Crippen molar-refractivity contribution in [1.29, 1.82) is 0 Å². The molecule has 28 heavy (non-hydrogen) atoms. The summed E-state index contributed by atoms with van der Waals surface area (Å²) in [6.45, 7) is 6.68. The van der Waals surface area contributed by atoms with E-state index in [1.54, 1.807) is 0 Å². The zero-order chi connectivity index (χ0) is 18.9. The molecule has 144 valence electrons. The van der Waals surface area contributed by atoms with Gasteiger partial charge in [0.15, 0.2) is 5.65 Å². The number of rotatable bonds is 3. The minimum atomic E-state index is 0.666. The summed E-state index contributed by atoms with van der Waals surface area (Å²) in [5, 5.41) is 4.59. The van der Waals surface area contributed by atoms with Crippen LogP contribution in [0.3, 0.4) is 0 Å². The van der Waals surface area contributed by atoms with E-state index in [1.807, 2.05) is 29.9 Å². The zero-order valence-electron chi connectivity index (χ0n) is 16.0. The first kappa shape index (κ1) is 17.3. The first-order chi connectivity index (χ1) is 13.8. The van der Waals surface area contributed by atoms with E-state index in [1.165, 1.54) is 5.57 Å². The molecule has 0 saturated carbocycles. The molecule has 3 aromatic rings. The molecule has 0 atom stereocenters. The monoisotopic (exact) mass is 377 g/mol. The molecule has 7 nitrogen and oxygen atoms in total. The van der Waals surface area contributed by atoms with Crippen LogP contribution in [-0.2, 0) is 9.47 Å². The van der Waals surface area contributed by atoms with Gasteiger partial charge in [0, 0.05) is 24.8 Å². The van der Waals surface area contributed by atoms with Crippen molar-refractivity contribution in [2.45, 2.75) is 13.3 Å². The van der Waals surface area contributed by atoms with Crippen LogP contribution in [0, 0.1) is 6.92 Å². The van der Waals surface area contributed by atoms with Gasteiger partial charge in [-0.2, -0.15) is 5.10 Å². The Bertz CT molecular complexity index is 1020. The Hall–Kier alpha value is -2.77. The van der Waals surface area contributed by atoms with Gasteiger partial charge in [-0.05, 0) is 37.1 Å². The summed E-state index contributed by atoms with van der Waals surface area (Å²) in [6.07, 6.45) is 6.79. The highest BCUT2D eigenvalue weighted by Gasteiger charge is 2.20. The summed E-state index contributed by atoms with van der Waals surface area (Å²) in [4.78, 5) is 11.9. The molecular weight excluding hydrogens is 354 g/mol. The highest BCUT2D eigenvalue weighted by molar-refractivity contribution is 5.75. The first-order valence-corrected chi connectivity index (χ1v) is 9.72. The number of aromatic nitrogens is 4. The normalized spacial score (nSPS) is 17.8. The number of hydrogen-bond acceptors (Lipinski definition) is 6. The Morgan fingerprint density at radius 3 is 2.68 bits per heavy atom. The lowest BCUT2D eigenvalue weighted by molar-refractivity contribution is 0.123. The van der Waals surface area contributed by atoms with Crippen molar-refractivity contribution < 1.29 is 9.47 Å². The number of morpholine rings is 1. The Morgan fingerprint density at radius 2 is 1.93 bits per heavy atom. The summed E-state index contributed by atoms with van der Waals surface area (Å²) in [5.41, 5.74) is 7.21. The number of fused-ring (bicyclic) bond motifs is 1. The van der Waals surface area contributed by atoms with Gasteiger partial charge in [0.2, 0.25) is 0 Å². The van der Waals surface area contributed by atoms with Crippen molar-refractivity contribution in [3.63, 3.8) is 0 Å². The molecule has 0 aromatic carbocycles. The lowest BCUT2D eigenvalue weighted by Crippen LogP contribution is -2.36. The van der Waals surface area contributed by atoms with E-state index >= 15 is 0 Å². The van der Waals surface area contributed by atoms with Crippen LogP contribution in [-0.4, -0.2) is 59.1 Å². The zero-order valence-corrected chi connectivity index (χ0v) is 16.0. The third-order valence-electron chi connectivity index (χ3n) is 5.35. The number of nitrogens with zero attached hydrogens (tertiary/aromatic N) is 5. The lowest BCUT2D eigenvalue weighted by Gasteiger charge is -2.28. The molecule has 1 saturated heterocycles. The van der Waals surface area contributed by atoms with E-state index in [2.05, 4.69) is 28.2 Å². The molecule has 0 unspecified atom stereocenters. The van der Waals surface area contributed by atoms with Gasteiger partial charge in [-0.25, -0.2) is 9.50 Å². The molecule has 0 amide bonds. The molecule has 5 rings (SSSR count). The van der Waals surface area contributed by atoms with E-state index in [0.717, 1.165) is 73.3 Å². The average Bonchev–Trinajstić information content (AvgIpc) is 3.11. The summed E-state index contributed by atoms with van der Waals surface area (Å²) in [5.74, 6) is 0. The topological polar surface area (TPSA) is 64.8 Å². The quantitative estimate of drug-likeness (QED) is 0.699. The van der Waals surface area contributed by atoms with Gasteiger partial charge in [-0.3, -0.25) is 4.98 Å². The van der Waals surface area contributed by atoms with Crippen LogP contribution in [0.4, 0.5) is 5.69 Å². The van der Waals surface area contributed by atoms with E-state index in [0.29, 0.717) is 6.61 Å². The molecule has 0 aliphatic carbocycles. The molecule has 0 bridgehead atoms. The number of aryl methyl sites for hydroxylation is 1. The van der Waals surface area contributed by atoms with Gasteiger partial charge in [0.1, 0.15) is 0 Å². The minimum Gasteiger partial charge on any atom is -0.378 e. The number of anilines is 1. The summed E-state index contributed by atoms with van der Waals surface area (Å²) >= 11 is 0. The van der Waals surface area contributed by atoms with Crippen LogP contribution in [0.5, 0.6) is 0 Å². The molecule has 2 aliphatic heterocycles. The second-order valence-corrected chi connectivity index (χ2v) is 7.08. The van der Waals surface area contributed by atoms with Gasteiger partial charge >= 0.3 is 0 Å². The predicted octanol–water partition coefficient (Wildman–Crippen LogP) is 2.74. The van der Waals surface area contributed by atoms with Crippen molar-refractivity contribution >= 4 is 16.9 Å². The summed E-state index contributed by atoms with van der Waals surface area (Å²) in [7, 11) is 0. The third-order valence-corrected chi connectivity index (χ3v) is 5.35. The Labute approximate surface area is 163 Å². The molecule has 5 heterocycles. The summed E-state index contributed by atoms with van der Waals surface area (Å²) < 4.78 is 12.8. The van der Waals surface area contributed by atoms with Gasteiger partial charge in [-0.1, -0.05) is 6.08 Å². The third kappa shape index (κ3) is 3.06. The van der Waals surface area contributed by atoms with Crippen molar-refractivity contribution in [2.24, 2.45) is 0 Å². The number of hydrogen-bond donors (Lipinski definition) is 0. The van der Waals surface area contributed by atoms with Gasteiger partial charge in [0.25, 0.3) is 0 Å². The van der Waals surface area contributed by atoms with Crippen LogP contribution in [0.1, 0.15) is 17.8 Å². The standard InChI is InChI=1S/C21H23N5O2/c1-15-20(17-2-3-18(22-14-17)16-5-10-27-11-6-16)26-21(24-15)19(4-7-23-26)25-8-12-28-13-9-25/h2-5,7,14H,6,8-13H2,1H3. The maximum absolute atomic E-state index is 5.49. The highest BCUT2D eigenvalue weighted by atomic mass is 16.5. The maximum atomic E-state index is 5.49. The van der Waals surface area contributed by atoms with Crippen molar-refractivity contribution in [3.05, 3.63) is 48.1 Å². The van der Waals surface area contributed by atoms with Crippen LogP contribution in [0.25, 0.3) is 22.5 Å². The molecule has 0 spiro atoms. The molecule has 1 fully saturated rings. The number of ether oxygens (including phenoxy) is 2. The molecule has 2 aliphatic rings. The Kier molecular flexibility index (Phi) is 4.54. The highest BCUT2D eigenvalue weighted by Crippen LogP contribution is 2.29. The van der Waals surface area contributed by atoms with Gasteiger partial charge in [-0.15, -0.1) is 0 Å². The second-order valence-electron chi connectivity index (χ2n) is 7.08. The molecule has 0 radical (unpaired) electrons. The van der Waals surface area contributed by atoms with E-state index in [-0.39, 0.29) is 0 Å². The fourth-order valence-corrected chi connectivity index (χ4v) is 3.91. The fourth-order valence-electron chi connectivity index (χ4n) is 3.91. The van der Waals surface area contributed by atoms with E-state index < -0.39 is 0 Å². The lowest BCUT2D eigenvalue weighted by atomic mass is 10.1. The van der Waals surface area contributed by atoms with Crippen molar-refractivity contribution in [1.82, 2.24) is 19.6 Å². The molecule has 0 N–H and O–H groups in total. The van der Waals surface area contributed by atoms with Gasteiger partial charge in [0.05, 0.1) is 55.4 Å². The Morgan fingerprint density at radius 1 is 1.04 bits per heavy atom. The van der Waals surface area contributed by atoms with Crippen LogP contribution >= 0.6 is 0 Å². The minimum absolute atomic E-state index is 0.666. The van der Waals surface area contributed by atoms with E-state index in [4.69, 9.17) is 19.4 Å². The second kappa shape index (κ2) is 7.33. The van der Waals surface area contributed by atoms with Crippen molar-refractivity contribution in [2.75, 3.05) is 44.4 Å². The number of pyridine rings is 1. The smallest absolute Gasteiger partial charge is 0.178 e. The van der Waals surface area contributed by atoms with Gasteiger partial charge < -0.3 is 14.4 Å². The van der Waals surface area contributed by atoms with Crippen molar-refractivity contribution in [3.8, 4) is 11.3 Å². The van der Waals surface area contributed by atoms with E-state index in [9.17, 15) is 0 Å². The summed E-state index contributed by atoms with van der Waals surface area (Å²) in [6, 6.07) is 6.23. The predicted molar refractivity (Wildman–Crippen MR) is 107 cm³/mol.